The van der Waals surface area contributed by atoms with E-state index in [2.05, 4.69) is 100 Å². The summed E-state index contributed by atoms with van der Waals surface area (Å²) in [6.45, 7) is 32.3. The molecule has 3 nitrogen and oxygen atoms in total. The van der Waals surface area contributed by atoms with E-state index in [1.165, 1.54) is 19.3 Å². The van der Waals surface area contributed by atoms with Crippen LogP contribution < -0.4 is 0 Å². The summed E-state index contributed by atoms with van der Waals surface area (Å²) in [5, 5.41) is 11.3. The molecule has 2 saturated carbocycles. The van der Waals surface area contributed by atoms with Crippen molar-refractivity contribution in [1.29, 1.82) is 0 Å². The van der Waals surface area contributed by atoms with Crippen LogP contribution in [0.15, 0.2) is 24.3 Å². The van der Waals surface area contributed by atoms with Crippen LogP contribution in [-0.4, -0.2) is 40.1 Å². The molecule has 1 unspecified atom stereocenters. The summed E-state index contributed by atoms with van der Waals surface area (Å²) in [6.07, 6.45) is 11.5. The largest absolute Gasteiger partial charge is 0.413 e. The van der Waals surface area contributed by atoms with Crippen molar-refractivity contribution in [1.82, 2.24) is 0 Å². The van der Waals surface area contributed by atoms with E-state index in [1.807, 2.05) is 0 Å². The van der Waals surface area contributed by atoms with Gasteiger partial charge in [0.15, 0.2) is 16.6 Å². The molecule has 7 atom stereocenters. The van der Waals surface area contributed by atoms with Gasteiger partial charge in [0.2, 0.25) is 0 Å². The van der Waals surface area contributed by atoms with Crippen molar-refractivity contribution in [3.63, 3.8) is 0 Å². The van der Waals surface area contributed by atoms with Gasteiger partial charge in [0.25, 0.3) is 0 Å². The molecule has 0 spiro atoms. The van der Waals surface area contributed by atoms with Crippen LogP contribution in [0.25, 0.3) is 0 Å². The maximum atomic E-state index is 10.9. The monoisotopic (exact) mass is 536 g/mol. The van der Waals surface area contributed by atoms with Gasteiger partial charge in [-0.15, -0.1) is 0 Å². The van der Waals surface area contributed by atoms with Crippen molar-refractivity contribution in [2.24, 2.45) is 23.7 Å². The summed E-state index contributed by atoms with van der Waals surface area (Å²) in [7, 11) is -3.82. The van der Waals surface area contributed by atoms with E-state index >= 15 is 0 Å². The van der Waals surface area contributed by atoms with Crippen molar-refractivity contribution in [2.75, 3.05) is 0 Å². The minimum atomic E-state index is -1.92. The average molecular weight is 537 g/mol. The SMILES string of the molecule is C=C1C[C@H]2[C@H](/C=C/[C@H](C[C@H](C)CCCC)O[Si](C)(C)C(C)(C)C)[C@H](O[Si](C)(C)C(C)(C)C)C[C@@H]2C1O. The second-order valence-electron chi connectivity index (χ2n) is 15.1. The highest BCUT2D eigenvalue weighted by molar-refractivity contribution is 6.74. The van der Waals surface area contributed by atoms with Gasteiger partial charge < -0.3 is 14.0 Å². The van der Waals surface area contributed by atoms with Crippen molar-refractivity contribution < 1.29 is 14.0 Å². The first kappa shape index (κ1) is 32.0. The zero-order valence-electron chi connectivity index (χ0n) is 25.9. The van der Waals surface area contributed by atoms with Gasteiger partial charge in [0, 0.05) is 5.92 Å². The minimum absolute atomic E-state index is 0.139. The van der Waals surface area contributed by atoms with E-state index < -0.39 is 16.6 Å². The summed E-state index contributed by atoms with van der Waals surface area (Å²) in [5.41, 5.74) is 1.01. The van der Waals surface area contributed by atoms with E-state index in [1.54, 1.807) is 0 Å². The first-order valence-corrected chi connectivity index (χ1v) is 20.5. The zero-order valence-corrected chi connectivity index (χ0v) is 27.9. The fraction of sp³-hybridized carbons (Fsp3) is 0.871. The topological polar surface area (TPSA) is 38.7 Å². The summed E-state index contributed by atoms with van der Waals surface area (Å²) < 4.78 is 14.0. The van der Waals surface area contributed by atoms with Gasteiger partial charge in [0.1, 0.15) is 0 Å². The number of hydrogen-bond donors (Lipinski definition) is 1. The van der Waals surface area contributed by atoms with E-state index in [9.17, 15) is 5.11 Å². The van der Waals surface area contributed by atoms with Gasteiger partial charge in [-0.3, -0.25) is 0 Å². The Morgan fingerprint density at radius 3 is 2.14 bits per heavy atom. The maximum Gasteiger partial charge on any atom is 0.192 e. The molecule has 0 aliphatic heterocycles. The molecule has 0 aromatic rings. The van der Waals surface area contributed by atoms with Crippen LogP contribution in [0.3, 0.4) is 0 Å². The Bertz CT molecular complexity index is 759. The van der Waals surface area contributed by atoms with E-state index in [0.717, 1.165) is 24.8 Å². The fourth-order valence-electron chi connectivity index (χ4n) is 5.53. The Labute approximate surface area is 226 Å². The van der Waals surface area contributed by atoms with Gasteiger partial charge in [0.05, 0.1) is 18.3 Å². The van der Waals surface area contributed by atoms with Crippen molar-refractivity contribution >= 4 is 16.6 Å². The summed E-state index contributed by atoms with van der Waals surface area (Å²) >= 11 is 0. The lowest BCUT2D eigenvalue weighted by molar-refractivity contribution is 0.128. The van der Waals surface area contributed by atoms with Crippen molar-refractivity contribution in [3.8, 4) is 0 Å². The van der Waals surface area contributed by atoms with Crippen LogP contribution in [0.2, 0.25) is 36.3 Å². The van der Waals surface area contributed by atoms with Gasteiger partial charge in [-0.1, -0.05) is 93.4 Å². The van der Waals surface area contributed by atoms with Crippen LogP contribution >= 0.6 is 0 Å². The smallest absolute Gasteiger partial charge is 0.192 e. The Hall–Kier alpha value is -0.206. The van der Waals surface area contributed by atoms with Crippen LogP contribution in [0.4, 0.5) is 0 Å². The molecule has 210 valence electrons. The van der Waals surface area contributed by atoms with Gasteiger partial charge in [-0.25, -0.2) is 0 Å². The number of hydrogen-bond acceptors (Lipinski definition) is 3. The lowest BCUT2D eigenvalue weighted by atomic mass is 9.89. The second kappa shape index (κ2) is 11.9. The molecule has 36 heavy (non-hydrogen) atoms. The average Bonchev–Trinajstić information content (AvgIpc) is 3.17. The Balaban J connectivity index is 2.34. The number of fused-ring (bicyclic) bond motifs is 1. The van der Waals surface area contributed by atoms with E-state index in [4.69, 9.17) is 8.85 Å². The highest BCUT2D eigenvalue weighted by Gasteiger charge is 2.52. The third-order valence-electron chi connectivity index (χ3n) is 10.0. The highest BCUT2D eigenvalue weighted by Crippen LogP contribution is 2.53. The molecule has 0 amide bonds. The molecule has 0 saturated heterocycles. The van der Waals surface area contributed by atoms with Crippen LogP contribution in [0.5, 0.6) is 0 Å². The second-order valence-corrected chi connectivity index (χ2v) is 24.7. The van der Waals surface area contributed by atoms with Crippen molar-refractivity contribution in [2.45, 2.75) is 148 Å². The lowest BCUT2D eigenvalue weighted by Gasteiger charge is -2.40. The number of aliphatic hydroxyl groups is 1. The third-order valence-corrected chi connectivity index (χ3v) is 19.0. The molecular formula is C31H60O3Si2. The molecular weight excluding hydrogens is 477 g/mol. The zero-order chi connectivity index (χ0) is 27.7. The summed E-state index contributed by atoms with van der Waals surface area (Å²) in [5.74, 6) is 1.65. The molecule has 0 bridgehead atoms. The van der Waals surface area contributed by atoms with Crippen LogP contribution in [0.1, 0.15) is 93.9 Å². The minimum Gasteiger partial charge on any atom is -0.413 e. The Morgan fingerprint density at radius 1 is 1.03 bits per heavy atom. The molecule has 2 rings (SSSR count). The molecule has 0 aromatic heterocycles. The first-order chi connectivity index (χ1) is 16.3. The Kier molecular flexibility index (Phi) is 10.6. The molecule has 5 heteroatoms. The summed E-state index contributed by atoms with van der Waals surface area (Å²) in [4.78, 5) is 0. The van der Waals surface area contributed by atoms with Gasteiger partial charge >= 0.3 is 0 Å². The molecule has 0 radical (unpaired) electrons. The number of aliphatic hydroxyl groups excluding tert-OH is 1. The van der Waals surface area contributed by atoms with Gasteiger partial charge in [-0.2, -0.15) is 0 Å². The van der Waals surface area contributed by atoms with Gasteiger partial charge in [-0.05, 0) is 78.9 Å². The normalized spacial score (nSPS) is 29.7. The molecule has 2 aliphatic carbocycles. The number of unbranched alkanes of at least 4 members (excludes halogenated alkanes) is 1. The predicted molar refractivity (Wildman–Crippen MR) is 161 cm³/mol. The van der Waals surface area contributed by atoms with Crippen molar-refractivity contribution in [3.05, 3.63) is 24.3 Å². The van der Waals surface area contributed by atoms with E-state index in [-0.39, 0.29) is 34.3 Å². The molecule has 0 aromatic carbocycles. The number of rotatable bonds is 11. The highest BCUT2D eigenvalue weighted by atomic mass is 28.4. The third kappa shape index (κ3) is 7.68. The quantitative estimate of drug-likeness (QED) is 0.211. The molecule has 2 fully saturated rings. The lowest BCUT2D eigenvalue weighted by Crippen LogP contribution is -2.45. The van der Waals surface area contributed by atoms with E-state index in [0.29, 0.717) is 17.8 Å². The standard InChI is InChI=1S/C31H60O3Si2/c1-14-15-16-22(2)19-24(33-35(10,11)30(4,5)6)17-18-25-26-20-23(3)29(32)27(26)21-28(25)34-36(12,13)31(7,8)9/h17-18,22,24-29,32H,3,14-16,19-21H2,1-2,4-13H3/b18-17+/t22-,24-,25+,26+,27+,28-,29?/m1/s1. The fourth-order valence-corrected chi connectivity index (χ4v) is 8.18. The molecule has 2 aliphatic rings. The summed E-state index contributed by atoms with van der Waals surface area (Å²) in [6, 6.07) is 0. The molecule has 1 N–H and O–H groups in total. The maximum absolute atomic E-state index is 10.9. The van der Waals surface area contributed by atoms with Crippen LogP contribution in [0, 0.1) is 23.7 Å². The predicted octanol–water partition coefficient (Wildman–Crippen LogP) is 9.11. The van der Waals surface area contributed by atoms with Crippen LogP contribution in [-0.2, 0) is 8.85 Å². The molecule has 0 heterocycles. The first-order valence-electron chi connectivity index (χ1n) is 14.7. The Morgan fingerprint density at radius 2 is 1.61 bits per heavy atom.